The molecule has 3 aromatic rings. The number of rotatable bonds is 7. The van der Waals surface area contributed by atoms with Crippen molar-refractivity contribution in [2.75, 3.05) is 11.9 Å². The quantitative estimate of drug-likeness (QED) is 0.495. The Balaban J connectivity index is 1.72. The predicted molar refractivity (Wildman–Crippen MR) is 111 cm³/mol. The molecule has 0 fully saturated rings. The fraction of sp³-hybridized carbons (Fsp3) is 0.0952. The minimum atomic E-state index is -4.72. The minimum absolute atomic E-state index is 0.149. The minimum Gasteiger partial charge on any atom is -0.478 e. The van der Waals surface area contributed by atoms with Crippen molar-refractivity contribution in [2.24, 2.45) is 0 Å². The number of carboxylic acids is 1. The van der Waals surface area contributed by atoms with E-state index in [-0.39, 0.29) is 16.6 Å². The summed E-state index contributed by atoms with van der Waals surface area (Å²) >= 11 is 6.06. The van der Waals surface area contributed by atoms with Gasteiger partial charge in [-0.05, 0) is 35.9 Å². The van der Waals surface area contributed by atoms with Crippen LogP contribution in [0.4, 0.5) is 18.9 Å². The van der Waals surface area contributed by atoms with Gasteiger partial charge in [0.05, 0.1) is 10.7 Å². The van der Waals surface area contributed by atoms with Gasteiger partial charge in [-0.3, -0.25) is 4.79 Å². The van der Waals surface area contributed by atoms with E-state index in [2.05, 4.69) is 10.4 Å². The van der Waals surface area contributed by atoms with Crippen LogP contribution >= 0.6 is 11.6 Å². The van der Waals surface area contributed by atoms with Crippen LogP contribution in [-0.2, 0) is 15.8 Å². The molecule has 2 N–H and O–H groups in total. The molecule has 0 unspecified atom stereocenters. The van der Waals surface area contributed by atoms with Gasteiger partial charge in [-0.1, -0.05) is 35.9 Å². The molecule has 11 heteroatoms. The van der Waals surface area contributed by atoms with Crippen LogP contribution in [0.3, 0.4) is 0 Å². The number of amides is 1. The van der Waals surface area contributed by atoms with Crippen LogP contribution in [0.15, 0.2) is 60.7 Å². The first-order chi connectivity index (χ1) is 15.1. The molecule has 0 aliphatic rings. The monoisotopic (exact) mass is 465 g/mol. The highest BCUT2D eigenvalue weighted by atomic mass is 35.5. The summed E-state index contributed by atoms with van der Waals surface area (Å²) in [5.74, 6) is -2.03. The van der Waals surface area contributed by atoms with E-state index in [0.717, 1.165) is 10.8 Å². The van der Waals surface area contributed by atoms with Crippen LogP contribution in [0.2, 0.25) is 5.02 Å². The molecule has 0 bridgehead atoms. The van der Waals surface area contributed by atoms with Gasteiger partial charge in [-0.2, -0.15) is 23.0 Å². The summed E-state index contributed by atoms with van der Waals surface area (Å²) in [5.41, 5.74) is -0.0467. The van der Waals surface area contributed by atoms with E-state index < -0.39 is 30.4 Å². The second-order valence-corrected chi connectivity index (χ2v) is 6.77. The van der Waals surface area contributed by atoms with Crippen molar-refractivity contribution in [3.63, 3.8) is 0 Å². The maximum Gasteiger partial charge on any atom is 0.435 e. The Morgan fingerprint density at radius 1 is 1.16 bits per heavy atom. The normalized spacial score (nSPS) is 11.5. The third-order valence-corrected chi connectivity index (χ3v) is 4.33. The number of ether oxygens (including phenoxy) is 1. The number of aliphatic carboxylic acids is 1. The van der Waals surface area contributed by atoms with Crippen LogP contribution < -0.4 is 10.1 Å². The topological polar surface area (TPSA) is 93.5 Å². The Bertz CT molecular complexity index is 1160. The average Bonchev–Trinajstić information content (AvgIpc) is 3.17. The molecule has 1 amide bonds. The van der Waals surface area contributed by atoms with Crippen LogP contribution in [0.5, 0.6) is 5.88 Å². The van der Waals surface area contributed by atoms with E-state index in [1.807, 2.05) is 0 Å². The van der Waals surface area contributed by atoms with E-state index in [4.69, 9.17) is 21.4 Å². The highest BCUT2D eigenvalue weighted by molar-refractivity contribution is 6.32. The maximum atomic E-state index is 13.1. The highest BCUT2D eigenvalue weighted by Crippen LogP contribution is 2.33. The zero-order valence-corrected chi connectivity index (χ0v) is 16.9. The first-order valence-electron chi connectivity index (χ1n) is 8.99. The number of halogens is 4. The van der Waals surface area contributed by atoms with Crippen molar-refractivity contribution in [1.82, 2.24) is 9.78 Å². The molecule has 2 aromatic carbocycles. The summed E-state index contributed by atoms with van der Waals surface area (Å²) in [6.45, 7) is -0.589. The number of carboxylic acid groups (broad SMARTS) is 1. The van der Waals surface area contributed by atoms with Crippen molar-refractivity contribution < 1.29 is 32.6 Å². The lowest BCUT2D eigenvalue weighted by molar-refractivity contribution is -0.141. The molecule has 3 rings (SSSR count). The smallest absolute Gasteiger partial charge is 0.435 e. The van der Waals surface area contributed by atoms with Gasteiger partial charge in [-0.15, -0.1) is 0 Å². The number of aromatic nitrogens is 2. The van der Waals surface area contributed by atoms with Crippen molar-refractivity contribution in [2.45, 2.75) is 6.18 Å². The molecular formula is C21H15ClF3N3O4. The molecule has 32 heavy (non-hydrogen) atoms. The first-order valence-corrected chi connectivity index (χ1v) is 9.37. The van der Waals surface area contributed by atoms with E-state index in [0.29, 0.717) is 17.3 Å². The number of nitrogens with zero attached hydrogens (tertiary/aromatic N) is 2. The number of anilines is 1. The Morgan fingerprint density at radius 2 is 1.84 bits per heavy atom. The molecule has 7 nitrogen and oxygen atoms in total. The van der Waals surface area contributed by atoms with Gasteiger partial charge in [0.2, 0.25) is 5.88 Å². The van der Waals surface area contributed by atoms with Crippen LogP contribution in [-0.4, -0.2) is 33.4 Å². The maximum absolute atomic E-state index is 13.1. The third kappa shape index (κ3) is 5.88. The zero-order chi connectivity index (χ0) is 23.3. The van der Waals surface area contributed by atoms with E-state index >= 15 is 0 Å². The lowest BCUT2D eigenvalue weighted by atomic mass is 10.2. The Hall–Kier alpha value is -3.79. The number of nitrogens with one attached hydrogen (secondary N) is 1. The van der Waals surface area contributed by atoms with E-state index in [1.165, 1.54) is 30.3 Å². The van der Waals surface area contributed by atoms with E-state index in [9.17, 15) is 22.8 Å². The van der Waals surface area contributed by atoms with Crippen LogP contribution in [0.1, 0.15) is 11.3 Å². The molecule has 166 valence electrons. The van der Waals surface area contributed by atoms with Gasteiger partial charge in [0, 0.05) is 17.8 Å². The molecule has 0 saturated heterocycles. The third-order valence-electron chi connectivity index (χ3n) is 4.01. The molecule has 0 radical (unpaired) electrons. The van der Waals surface area contributed by atoms with Crippen LogP contribution in [0, 0.1) is 0 Å². The fourth-order valence-corrected chi connectivity index (χ4v) is 2.80. The van der Waals surface area contributed by atoms with Crippen molar-refractivity contribution in [3.05, 3.63) is 77.0 Å². The van der Waals surface area contributed by atoms with Crippen molar-refractivity contribution >= 4 is 35.2 Å². The molecule has 0 aliphatic heterocycles. The number of carbonyl (C=O) groups excluding carboxylic acids is 1. The SMILES string of the molecule is O=C(O)/C=C/c1ccc(NC(=O)COc2cc(C(F)(F)F)nn2-c2ccccc2Cl)cc1. The van der Waals surface area contributed by atoms with Gasteiger partial charge >= 0.3 is 12.1 Å². The second kappa shape index (κ2) is 9.56. The van der Waals surface area contributed by atoms with Gasteiger partial charge in [-0.25, -0.2) is 4.79 Å². The zero-order valence-electron chi connectivity index (χ0n) is 16.1. The van der Waals surface area contributed by atoms with Gasteiger partial charge in [0.1, 0.15) is 0 Å². The summed E-state index contributed by atoms with van der Waals surface area (Å²) in [6.07, 6.45) is -2.37. The Kier molecular flexibility index (Phi) is 6.84. The van der Waals surface area contributed by atoms with Gasteiger partial charge in [0.15, 0.2) is 12.3 Å². The summed E-state index contributed by atoms with van der Waals surface area (Å²) in [5, 5.41) is 14.8. The number of para-hydroxylation sites is 1. The summed E-state index contributed by atoms with van der Waals surface area (Å²) in [7, 11) is 0. The van der Waals surface area contributed by atoms with Crippen molar-refractivity contribution in [1.29, 1.82) is 0 Å². The summed E-state index contributed by atoms with van der Waals surface area (Å²) in [6, 6.07) is 13.0. The fourth-order valence-electron chi connectivity index (χ4n) is 2.58. The molecule has 0 atom stereocenters. The molecule has 0 spiro atoms. The molecule has 0 saturated carbocycles. The average molecular weight is 466 g/mol. The summed E-state index contributed by atoms with van der Waals surface area (Å²) < 4.78 is 45.6. The standard InChI is InChI=1S/C21H15ClF3N3O4/c22-15-3-1-2-4-16(15)28-19(11-17(27-28)21(23,24)25)32-12-18(29)26-14-8-5-13(6-9-14)7-10-20(30)31/h1-11H,12H2,(H,26,29)(H,30,31)/b10-7+. The lowest BCUT2D eigenvalue weighted by Crippen LogP contribution is -2.21. The predicted octanol–water partition coefficient (Wildman–Crippen LogP) is 4.66. The Labute approximate surface area is 184 Å². The second-order valence-electron chi connectivity index (χ2n) is 6.36. The highest BCUT2D eigenvalue weighted by Gasteiger charge is 2.36. The van der Waals surface area contributed by atoms with E-state index in [1.54, 1.807) is 24.3 Å². The molecule has 1 heterocycles. The number of hydrogen-bond donors (Lipinski definition) is 2. The number of carbonyl (C=O) groups is 2. The van der Waals surface area contributed by atoms with Crippen molar-refractivity contribution in [3.8, 4) is 11.6 Å². The number of benzene rings is 2. The molecule has 1 aromatic heterocycles. The van der Waals surface area contributed by atoms with Crippen LogP contribution in [0.25, 0.3) is 11.8 Å². The largest absolute Gasteiger partial charge is 0.478 e. The number of alkyl halides is 3. The first kappa shape index (κ1) is 22.9. The van der Waals surface area contributed by atoms with Gasteiger partial charge < -0.3 is 15.2 Å². The number of hydrogen-bond acceptors (Lipinski definition) is 4. The summed E-state index contributed by atoms with van der Waals surface area (Å²) in [4.78, 5) is 22.7. The molecular weight excluding hydrogens is 451 g/mol. The lowest BCUT2D eigenvalue weighted by Gasteiger charge is -2.11. The molecule has 0 aliphatic carbocycles. The Morgan fingerprint density at radius 3 is 2.47 bits per heavy atom. The van der Waals surface area contributed by atoms with Gasteiger partial charge in [0.25, 0.3) is 5.91 Å².